The lowest BCUT2D eigenvalue weighted by Crippen LogP contribution is -2.53. The molecular formula is C9H11F3O3. The normalized spacial score (nSPS) is 30.1. The van der Waals surface area contributed by atoms with Gasteiger partial charge in [-0.3, -0.25) is 4.74 Å². The van der Waals surface area contributed by atoms with E-state index in [2.05, 4.69) is 16.1 Å². The van der Waals surface area contributed by atoms with E-state index in [1.807, 2.05) is 0 Å². The van der Waals surface area contributed by atoms with Crippen LogP contribution in [0.15, 0.2) is 12.7 Å². The summed E-state index contributed by atoms with van der Waals surface area (Å²) in [6, 6.07) is 0. The molecule has 1 rings (SSSR count). The fourth-order valence-corrected chi connectivity index (χ4v) is 1.30. The molecule has 1 aliphatic rings. The third-order valence-corrected chi connectivity index (χ3v) is 2.09. The van der Waals surface area contributed by atoms with E-state index in [1.165, 1.54) is 6.92 Å². The minimum atomic E-state index is -3.46. The van der Waals surface area contributed by atoms with E-state index in [0.717, 1.165) is 6.08 Å². The number of carbonyl (C=O) groups excluding carboxylic acids is 1. The van der Waals surface area contributed by atoms with Gasteiger partial charge < -0.3 is 4.74 Å². The highest BCUT2D eigenvalue weighted by atomic mass is 19.3. The van der Waals surface area contributed by atoms with Gasteiger partial charge in [-0.2, -0.15) is 8.78 Å². The molecule has 3 atom stereocenters. The lowest BCUT2D eigenvalue weighted by molar-refractivity contribution is -0.428. The zero-order chi connectivity index (χ0) is 11.6. The van der Waals surface area contributed by atoms with Crippen molar-refractivity contribution in [1.82, 2.24) is 0 Å². The Balaban J connectivity index is 2.41. The van der Waals surface area contributed by atoms with Gasteiger partial charge in [-0.15, -0.1) is 0 Å². The Morgan fingerprint density at radius 1 is 1.73 bits per heavy atom. The fraction of sp³-hybridized carbons (Fsp3) is 0.667. The fourth-order valence-electron chi connectivity index (χ4n) is 1.30. The third kappa shape index (κ3) is 2.71. The standard InChI is InChI=1S/C9H11F3O3/c1-3-7(13)14-5(2)4-6-8(10)15-9(6,11)12/h3,5-6,8H,1,4H2,2H3. The summed E-state index contributed by atoms with van der Waals surface area (Å²) >= 11 is 0. The highest BCUT2D eigenvalue weighted by Crippen LogP contribution is 2.45. The molecular weight excluding hydrogens is 213 g/mol. The van der Waals surface area contributed by atoms with Crippen molar-refractivity contribution in [3.05, 3.63) is 12.7 Å². The molecule has 0 N–H and O–H groups in total. The number of halogens is 3. The first-order chi connectivity index (χ1) is 6.86. The Morgan fingerprint density at radius 2 is 2.33 bits per heavy atom. The van der Waals surface area contributed by atoms with Crippen LogP contribution < -0.4 is 0 Å². The Bertz CT molecular complexity index is 267. The van der Waals surface area contributed by atoms with Crippen LogP contribution in [0.5, 0.6) is 0 Å². The molecule has 0 aromatic heterocycles. The van der Waals surface area contributed by atoms with Crippen LogP contribution in [0.1, 0.15) is 13.3 Å². The van der Waals surface area contributed by atoms with Gasteiger partial charge >= 0.3 is 12.1 Å². The molecule has 86 valence electrons. The van der Waals surface area contributed by atoms with Gasteiger partial charge in [0.2, 0.25) is 6.36 Å². The van der Waals surface area contributed by atoms with Crippen LogP contribution in [0.2, 0.25) is 0 Å². The number of rotatable bonds is 4. The average Bonchev–Trinajstić information content (AvgIpc) is 2.13. The van der Waals surface area contributed by atoms with Gasteiger partial charge in [-0.1, -0.05) is 6.58 Å². The largest absolute Gasteiger partial charge is 0.460 e. The Morgan fingerprint density at radius 3 is 2.73 bits per heavy atom. The minimum Gasteiger partial charge on any atom is -0.460 e. The van der Waals surface area contributed by atoms with E-state index >= 15 is 0 Å². The van der Waals surface area contributed by atoms with Crippen LogP contribution in [0.25, 0.3) is 0 Å². The van der Waals surface area contributed by atoms with E-state index in [-0.39, 0.29) is 6.42 Å². The summed E-state index contributed by atoms with van der Waals surface area (Å²) in [7, 11) is 0. The number of alkyl halides is 3. The van der Waals surface area contributed by atoms with Crippen LogP contribution in [0.3, 0.4) is 0 Å². The molecule has 1 aliphatic heterocycles. The van der Waals surface area contributed by atoms with Gasteiger partial charge in [0.1, 0.15) is 12.0 Å². The highest BCUT2D eigenvalue weighted by molar-refractivity contribution is 5.81. The molecule has 0 spiro atoms. The minimum absolute atomic E-state index is 0.284. The van der Waals surface area contributed by atoms with Crippen molar-refractivity contribution in [1.29, 1.82) is 0 Å². The summed E-state index contributed by atoms with van der Waals surface area (Å²) in [5.74, 6) is -2.27. The van der Waals surface area contributed by atoms with Crippen molar-refractivity contribution in [2.45, 2.75) is 31.9 Å². The maximum atomic E-state index is 12.6. The lowest BCUT2D eigenvalue weighted by atomic mass is 9.96. The Kier molecular flexibility index (Phi) is 3.38. The topological polar surface area (TPSA) is 35.5 Å². The van der Waals surface area contributed by atoms with Crippen molar-refractivity contribution in [2.75, 3.05) is 0 Å². The first-order valence-electron chi connectivity index (χ1n) is 4.39. The highest BCUT2D eigenvalue weighted by Gasteiger charge is 2.59. The van der Waals surface area contributed by atoms with Crippen LogP contribution in [0.4, 0.5) is 13.2 Å². The molecule has 1 fully saturated rings. The number of hydrogen-bond donors (Lipinski definition) is 0. The van der Waals surface area contributed by atoms with Crippen LogP contribution in [0, 0.1) is 5.92 Å². The maximum absolute atomic E-state index is 12.6. The van der Waals surface area contributed by atoms with E-state index in [9.17, 15) is 18.0 Å². The first kappa shape index (κ1) is 12.0. The predicted octanol–water partition coefficient (Wildman–Crippen LogP) is 2.03. The van der Waals surface area contributed by atoms with Gasteiger partial charge in [-0.25, -0.2) is 9.18 Å². The molecule has 3 nitrogen and oxygen atoms in total. The van der Waals surface area contributed by atoms with Gasteiger partial charge in [0.15, 0.2) is 0 Å². The number of esters is 1. The second-order valence-corrected chi connectivity index (χ2v) is 3.32. The van der Waals surface area contributed by atoms with Crippen molar-refractivity contribution >= 4 is 5.97 Å². The Hall–Kier alpha value is -1.04. The van der Waals surface area contributed by atoms with Crippen LogP contribution in [-0.2, 0) is 14.3 Å². The third-order valence-electron chi connectivity index (χ3n) is 2.09. The second kappa shape index (κ2) is 4.22. The summed E-state index contributed by atoms with van der Waals surface area (Å²) < 4.78 is 46.1. The van der Waals surface area contributed by atoms with Gasteiger partial charge in [0.25, 0.3) is 0 Å². The van der Waals surface area contributed by atoms with Gasteiger partial charge in [-0.05, 0) is 6.92 Å². The van der Waals surface area contributed by atoms with Crippen LogP contribution >= 0.6 is 0 Å². The number of ether oxygens (including phenoxy) is 2. The van der Waals surface area contributed by atoms with Crippen molar-refractivity contribution in [3.63, 3.8) is 0 Å². The van der Waals surface area contributed by atoms with Gasteiger partial charge in [0, 0.05) is 12.5 Å². The monoisotopic (exact) mass is 224 g/mol. The SMILES string of the molecule is C=CC(=O)OC(C)CC1C(F)OC1(F)F. The summed E-state index contributed by atoms with van der Waals surface area (Å²) in [4.78, 5) is 10.7. The second-order valence-electron chi connectivity index (χ2n) is 3.32. The molecule has 3 unspecified atom stereocenters. The molecule has 1 saturated heterocycles. The molecule has 0 bridgehead atoms. The van der Waals surface area contributed by atoms with Gasteiger partial charge in [0.05, 0.1) is 0 Å². The molecule has 0 radical (unpaired) electrons. The quantitative estimate of drug-likeness (QED) is 0.541. The van der Waals surface area contributed by atoms with Crippen molar-refractivity contribution < 1.29 is 27.4 Å². The summed E-state index contributed by atoms with van der Waals surface area (Å²) in [5, 5.41) is 0. The zero-order valence-corrected chi connectivity index (χ0v) is 8.08. The van der Waals surface area contributed by atoms with Crippen molar-refractivity contribution in [2.24, 2.45) is 5.92 Å². The zero-order valence-electron chi connectivity index (χ0n) is 8.08. The molecule has 0 aliphatic carbocycles. The number of carbonyl (C=O) groups is 1. The van der Waals surface area contributed by atoms with E-state index in [4.69, 9.17) is 0 Å². The molecule has 15 heavy (non-hydrogen) atoms. The molecule has 6 heteroatoms. The van der Waals surface area contributed by atoms with E-state index < -0.39 is 30.5 Å². The summed E-state index contributed by atoms with van der Waals surface area (Å²) in [5.41, 5.74) is 0. The van der Waals surface area contributed by atoms with Crippen LogP contribution in [-0.4, -0.2) is 24.5 Å². The number of hydrogen-bond acceptors (Lipinski definition) is 3. The smallest absolute Gasteiger partial charge is 0.366 e. The van der Waals surface area contributed by atoms with E-state index in [0.29, 0.717) is 0 Å². The summed E-state index contributed by atoms with van der Waals surface area (Å²) in [6.45, 7) is 4.55. The predicted molar refractivity (Wildman–Crippen MR) is 44.8 cm³/mol. The average molecular weight is 224 g/mol. The summed E-state index contributed by atoms with van der Waals surface area (Å²) in [6.07, 6.45) is -5.63. The molecule has 1 heterocycles. The van der Waals surface area contributed by atoms with E-state index in [1.54, 1.807) is 0 Å². The maximum Gasteiger partial charge on any atom is 0.366 e. The first-order valence-corrected chi connectivity index (χ1v) is 4.39. The molecule has 0 saturated carbocycles. The molecule has 0 amide bonds. The van der Waals surface area contributed by atoms with Crippen molar-refractivity contribution in [3.8, 4) is 0 Å². The Labute approximate surface area is 84.8 Å². The molecule has 0 aromatic carbocycles. The molecule has 0 aromatic rings. The lowest BCUT2D eigenvalue weighted by Gasteiger charge is -2.39.